The van der Waals surface area contributed by atoms with E-state index >= 15 is 0 Å². The minimum absolute atomic E-state index is 0.0272. The van der Waals surface area contributed by atoms with Crippen molar-refractivity contribution in [1.29, 1.82) is 0 Å². The first kappa shape index (κ1) is 25.8. The third-order valence-electron chi connectivity index (χ3n) is 6.11. The first-order valence-corrected chi connectivity index (χ1v) is 14.9. The lowest BCUT2D eigenvalue weighted by atomic mass is 9.97. The van der Waals surface area contributed by atoms with Gasteiger partial charge in [-0.2, -0.15) is 13.1 Å². The molecule has 33 heavy (non-hydrogen) atoms. The molecule has 2 saturated heterocycles. The van der Waals surface area contributed by atoms with Crippen molar-refractivity contribution < 1.29 is 40.8 Å². The van der Waals surface area contributed by atoms with Crippen molar-refractivity contribution in [2.75, 3.05) is 6.61 Å². The van der Waals surface area contributed by atoms with Gasteiger partial charge in [0.15, 0.2) is 14.4 Å². The van der Waals surface area contributed by atoms with E-state index in [0.717, 1.165) is 0 Å². The molecule has 2 bridgehead atoms. The van der Waals surface area contributed by atoms with Crippen molar-refractivity contribution in [3.05, 3.63) is 35.9 Å². The van der Waals surface area contributed by atoms with E-state index in [1.54, 1.807) is 30.3 Å². The normalized spacial score (nSPS) is 29.2. The zero-order valence-corrected chi connectivity index (χ0v) is 21.4. The van der Waals surface area contributed by atoms with E-state index in [1.165, 1.54) is 6.92 Å². The van der Waals surface area contributed by atoms with Gasteiger partial charge in [0.2, 0.25) is 6.29 Å². The Balaban J connectivity index is 1.91. The monoisotopic (exact) mass is 501 g/mol. The number of carbonyl (C=O) groups is 2. The van der Waals surface area contributed by atoms with Crippen LogP contribution in [-0.2, 0) is 37.9 Å². The van der Waals surface area contributed by atoms with Crippen LogP contribution in [-0.4, -0.2) is 65.9 Å². The minimum Gasteiger partial charge on any atom is -0.454 e. The number of hydrogen-bond acceptors (Lipinski definition) is 9. The van der Waals surface area contributed by atoms with Crippen LogP contribution in [0.3, 0.4) is 0 Å². The van der Waals surface area contributed by atoms with Crippen molar-refractivity contribution in [3.8, 4) is 0 Å². The number of fused-ring (bicyclic) bond motifs is 2. The lowest BCUT2D eigenvalue weighted by Crippen LogP contribution is -2.71. The smallest absolute Gasteiger partial charge is 0.338 e. The summed E-state index contributed by atoms with van der Waals surface area (Å²) in [7, 11) is -6.46. The Morgan fingerprint density at radius 2 is 1.76 bits per heavy atom. The minimum atomic E-state index is -4.22. The highest BCUT2D eigenvalue weighted by Gasteiger charge is 2.57. The van der Waals surface area contributed by atoms with Crippen LogP contribution in [0.4, 0.5) is 0 Å². The molecular weight excluding hydrogens is 470 g/mol. The number of benzene rings is 1. The summed E-state index contributed by atoms with van der Waals surface area (Å²) in [6.07, 6.45) is -4.61. The second-order valence-electron chi connectivity index (χ2n) is 9.62. The molecule has 0 aliphatic carbocycles. The molecule has 0 amide bonds. The standard InChI is InChI=1S/C21H31NO9SSi/c1-13(23)28-20-16-18(30-19(24)14-10-8-7-9-11-14)17(31-32(25,26)22-16)15(29-20)12-27-33(5,6)21(2,3)4/h7-11,15-18,20,22H,12H2,1-6H3/t15-,16-,17-,18-,20-/m1/s1. The largest absolute Gasteiger partial charge is 0.454 e. The topological polar surface area (TPSA) is 126 Å². The van der Waals surface area contributed by atoms with Crippen LogP contribution in [0.25, 0.3) is 0 Å². The quantitative estimate of drug-likeness (QED) is 0.461. The van der Waals surface area contributed by atoms with Crippen molar-refractivity contribution in [2.45, 2.75) is 76.5 Å². The van der Waals surface area contributed by atoms with Gasteiger partial charge in [0.05, 0.1) is 12.2 Å². The number of rotatable bonds is 6. The zero-order valence-electron chi connectivity index (χ0n) is 19.6. The van der Waals surface area contributed by atoms with Gasteiger partial charge in [0.25, 0.3) is 0 Å². The Kier molecular flexibility index (Phi) is 7.37. The number of nitrogens with one attached hydrogen (secondary N) is 1. The molecule has 0 aromatic heterocycles. The molecule has 10 nitrogen and oxygen atoms in total. The number of hydrogen-bond donors (Lipinski definition) is 1. The Bertz CT molecular complexity index is 977. The summed E-state index contributed by atoms with van der Waals surface area (Å²) in [4.78, 5) is 24.5. The molecule has 5 atom stereocenters. The summed E-state index contributed by atoms with van der Waals surface area (Å²) >= 11 is 0. The van der Waals surface area contributed by atoms with Crippen molar-refractivity contribution >= 4 is 30.6 Å². The average molecular weight is 502 g/mol. The van der Waals surface area contributed by atoms with E-state index in [0.29, 0.717) is 0 Å². The predicted molar refractivity (Wildman–Crippen MR) is 120 cm³/mol. The van der Waals surface area contributed by atoms with Gasteiger partial charge in [0.1, 0.15) is 18.2 Å². The van der Waals surface area contributed by atoms with E-state index in [1.807, 2.05) is 13.1 Å². The second-order valence-corrected chi connectivity index (χ2v) is 15.8. The molecule has 2 fully saturated rings. The fraction of sp³-hybridized carbons (Fsp3) is 0.619. The molecule has 0 unspecified atom stereocenters. The lowest BCUT2D eigenvalue weighted by Gasteiger charge is -2.48. The molecule has 0 spiro atoms. The fourth-order valence-electron chi connectivity index (χ4n) is 3.30. The fourth-order valence-corrected chi connectivity index (χ4v) is 5.47. The van der Waals surface area contributed by atoms with Gasteiger partial charge in [-0.15, -0.1) is 0 Å². The van der Waals surface area contributed by atoms with E-state index in [4.69, 9.17) is 22.8 Å². The summed E-state index contributed by atoms with van der Waals surface area (Å²) in [6.45, 7) is 11.4. The number of esters is 2. The van der Waals surface area contributed by atoms with Gasteiger partial charge >= 0.3 is 22.2 Å². The van der Waals surface area contributed by atoms with Gasteiger partial charge in [-0.25, -0.2) is 8.98 Å². The average Bonchev–Trinajstić information content (AvgIpc) is 2.69. The zero-order chi connectivity index (χ0) is 24.6. The highest BCUT2D eigenvalue weighted by atomic mass is 32.2. The molecule has 1 aromatic rings. The highest BCUT2D eigenvalue weighted by molar-refractivity contribution is 7.84. The van der Waals surface area contributed by atoms with Crippen LogP contribution in [0.1, 0.15) is 38.1 Å². The SMILES string of the molecule is CC(=O)O[C@@H]1O[C@H](CO[Si](C)(C)C(C)(C)C)[C@H]2OS(=O)(=O)N[C@@H]1[C@H]2OC(=O)c1ccccc1. The summed E-state index contributed by atoms with van der Waals surface area (Å²) in [5, 5.41) is -0.111. The molecule has 2 aliphatic rings. The maximum absolute atomic E-state index is 12.8. The summed E-state index contributed by atoms with van der Waals surface area (Å²) in [5.41, 5.74) is 0.281. The molecule has 1 N–H and O–H groups in total. The summed E-state index contributed by atoms with van der Waals surface area (Å²) in [5.74, 6) is -1.35. The third-order valence-corrected chi connectivity index (χ3v) is 11.7. The van der Waals surface area contributed by atoms with Gasteiger partial charge in [-0.1, -0.05) is 39.0 Å². The predicted octanol–water partition coefficient (Wildman–Crippen LogP) is 2.12. The highest BCUT2D eigenvalue weighted by Crippen LogP contribution is 2.38. The molecule has 2 heterocycles. The molecule has 12 heteroatoms. The Labute approximate surface area is 195 Å². The third kappa shape index (κ3) is 6.00. The number of carbonyl (C=O) groups excluding carboxylic acids is 2. The first-order chi connectivity index (χ1) is 15.2. The molecule has 0 saturated carbocycles. The maximum atomic E-state index is 12.8. The van der Waals surface area contributed by atoms with Crippen molar-refractivity contribution in [2.24, 2.45) is 0 Å². The Morgan fingerprint density at radius 1 is 1.12 bits per heavy atom. The summed E-state index contributed by atoms with van der Waals surface area (Å²) < 4.78 is 55.3. The van der Waals surface area contributed by atoms with E-state index < -0.39 is 61.2 Å². The van der Waals surface area contributed by atoms with Gasteiger partial charge in [-0.3, -0.25) is 4.79 Å². The van der Waals surface area contributed by atoms with E-state index in [2.05, 4.69) is 25.5 Å². The van der Waals surface area contributed by atoms with Crippen LogP contribution in [0, 0.1) is 0 Å². The van der Waals surface area contributed by atoms with E-state index in [-0.39, 0.29) is 17.2 Å². The molecule has 184 valence electrons. The molecule has 2 aliphatic heterocycles. The second kappa shape index (κ2) is 9.43. The molecule has 0 radical (unpaired) electrons. The van der Waals surface area contributed by atoms with Crippen LogP contribution in [0.15, 0.2) is 30.3 Å². The van der Waals surface area contributed by atoms with Gasteiger partial charge in [-0.05, 0) is 30.3 Å². The maximum Gasteiger partial charge on any atom is 0.338 e. The molecule has 3 rings (SSSR count). The van der Waals surface area contributed by atoms with E-state index in [9.17, 15) is 18.0 Å². The number of ether oxygens (including phenoxy) is 3. The Hall–Kier alpha value is -1.83. The van der Waals surface area contributed by atoms with Gasteiger partial charge < -0.3 is 18.6 Å². The van der Waals surface area contributed by atoms with Crippen molar-refractivity contribution in [3.63, 3.8) is 0 Å². The van der Waals surface area contributed by atoms with Crippen LogP contribution >= 0.6 is 0 Å². The van der Waals surface area contributed by atoms with Crippen LogP contribution in [0.2, 0.25) is 18.1 Å². The van der Waals surface area contributed by atoms with Crippen LogP contribution in [0.5, 0.6) is 0 Å². The molecule has 1 aromatic carbocycles. The Morgan fingerprint density at radius 3 is 2.33 bits per heavy atom. The lowest BCUT2D eigenvalue weighted by molar-refractivity contribution is -0.261. The molecular formula is C21H31NO9SSi. The van der Waals surface area contributed by atoms with Gasteiger partial charge in [0, 0.05) is 6.92 Å². The van der Waals surface area contributed by atoms with Crippen LogP contribution < -0.4 is 4.72 Å². The summed E-state index contributed by atoms with van der Waals surface area (Å²) in [6, 6.07) is 7.07. The van der Waals surface area contributed by atoms with Crippen molar-refractivity contribution in [1.82, 2.24) is 4.72 Å². The first-order valence-electron chi connectivity index (χ1n) is 10.6.